The van der Waals surface area contributed by atoms with Crippen molar-refractivity contribution in [3.05, 3.63) is 0 Å². The van der Waals surface area contributed by atoms with Gasteiger partial charge in [-0.3, -0.25) is 0 Å². The molecule has 0 bridgehead atoms. The van der Waals surface area contributed by atoms with Gasteiger partial charge in [0.15, 0.2) is 0 Å². The van der Waals surface area contributed by atoms with E-state index in [-0.39, 0.29) is 0 Å². The maximum Gasteiger partial charge on any atom is 0.343 e. The van der Waals surface area contributed by atoms with Crippen molar-refractivity contribution in [3.63, 3.8) is 0 Å². The molecule has 9 heteroatoms. The number of methoxy groups -OCH3 is 3. The van der Waals surface area contributed by atoms with Gasteiger partial charge >= 0.3 is 11.9 Å². The van der Waals surface area contributed by atoms with Crippen LogP contribution >= 0.6 is 0 Å². The molecule has 0 heterocycles. The average molecular weight is 268 g/mol. The Morgan fingerprint density at radius 3 is 1.44 bits per heavy atom. The van der Waals surface area contributed by atoms with Crippen molar-refractivity contribution in [2.45, 2.75) is 23.6 Å². The lowest BCUT2D eigenvalue weighted by Gasteiger charge is -2.37. The van der Waals surface area contributed by atoms with Gasteiger partial charge < -0.3 is 14.2 Å². The van der Waals surface area contributed by atoms with Crippen LogP contribution in [0.25, 0.3) is 0 Å². The lowest BCUT2D eigenvalue weighted by atomic mass is 10.1. The molecule has 0 fully saturated rings. The van der Waals surface area contributed by atoms with Crippen molar-refractivity contribution in [2.75, 3.05) is 21.3 Å². The second-order valence-corrected chi connectivity index (χ2v) is 4.35. The molecule has 0 aliphatic carbocycles. The number of ether oxygens (including phenoxy) is 3. The van der Waals surface area contributed by atoms with Gasteiger partial charge in [-0.05, 0) is 0 Å². The van der Waals surface area contributed by atoms with E-state index in [1.165, 1.54) is 0 Å². The zero-order valence-corrected chi connectivity index (χ0v) is 11.2. The van der Waals surface area contributed by atoms with Crippen LogP contribution in [0, 0.1) is 0 Å². The lowest BCUT2D eigenvalue weighted by Crippen LogP contribution is -2.60. The Morgan fingerprint density at radius 2 is 1.25 bits per heavy atom. The Bertz CT molecular complexity index is 218. The standard InChI is InChI=1S/C7H13F5O3Si/c1-13-6(14-2,15-3)4(8)5(9,10)7(11,12)16/h4H,1-3,16H3. The van der Waals surface area contributed by atoms with Crippen LogP contribution in [0.5, 0.6) is 0 Å². The Kier molecular flexibility index (Phi) is 4.86. The van der Waals surface area contributed by atoms with E-state index in [0.29, 0.717) is 0 Å². The third kappa shape index (κ3) is 2.52. The minimum Gasteiger partial charge on any atom is -0.328 e. The van der Waals surface area contributed by atoms with Crippen LogP contribution in [-0.4, -0.2) is 55.2 Å². The first-order valence-electron chi connectivity index (χ1n) is 4.14. The summed E-state index contributed by atoms with van der Waals surface area (Å²) in [6, 6.07) is 0. The Labute approximate surface area is 92.3 Å². The molecule has 0 radical (unpaired) electrons. The Balaban J connectivity index is 5.23. The smallest absolute Gasteiger partial charge is 0.328 e. The van der Waals surface area contributed by atoms with Crippen LogP contribution in [0.4, 0.5) is 22.0 Å². The van der Waals surface area contributed by atoms with Gasteiger partial charge in [0.25, 0.3) is 5.55 Å². The van der Waals surface area contributed by atoms with E-state index >= 15 is 0 Å². The highest BCUT2D eigenvalue weighted by Gasteiger charge is 2.66. The summed E-state index contributed by atoms with van der Waals surface area (Å²) in [5.41, 5.74) is -4.44. The summed E-state index contributed by atoms with van der Waals surface area (Å²) in [4.78, 5) is 0. The van der Waals surface area contributed by atoms with Crippen molar-refractivity contribution in [3.8, 4) is 0 Å². The highest BCUT2D eigenvalue weighted by atomic mass is 28.1. The highest BCUT2D eigenvalue weighted by molar-refractivity contribution is 6.14. The summed E-state index contributed by atoms with van der Waals surface area (Å²) >= 11 is 0. The fourth-order valence-corrected chi connectivity index (χ4v) is 1.26. The summed E-state index contributed by atoms with van der Waals surface area (Å²) in [5, 5.41) is 0. The van der Waals surface area contributed by atoms with Crippen molar-refractivity contribution in [1.29, 1.82) is 0 Å². The molecule has 16 heavy (non-hydrogen) atoms. The van der Waals surface area contributed by atoms with E-state index in [2.05, 4.69) is 14.2 Å². The third-order valence-corrected chi connectivity index (χ3v) is 2.73. The fraction of sp³-hybridized carbons (Fsp3) is 1.00. The number of hydrogen-bond acceptors (Lipinski definition) is 3. The minimum atomic E-state index is -4.93. The van der Waals surface area contributed by atoms with Crippen LogP contribution in [0.1, 0.15) is 0 Å². The molecule has 0 aliphatic rings. The molecule has 0 aromatic rings. The second-order valence-electron chi connectivity index (χ2n) is 3.09. The molecular weight excluding hydrogens is 255 g/mol. The van der Waals surface area contributed by atoms with E-state index in [9.17, 15) is 22.0 Å². The zero-order valence-electron chi connectivity index (χ0n) is 9.19. The van der Waals surface area contributed by atoms with Crippen molar-refractivity contribution >= 4 is 10.2 Å². The predicted molar refractivity (Wildman–Crippen MR) is 48.5 cm³/mol. The van der Waals surface area contributed by atoms with Crippen molar-refractivity contribution < 1.29 is 36.2 Å². The van der Waals surface area contributed by atoms with Gasteiger partial charge in [0.1, 0.15) is 0 Å². The predicted octanol–water partition coefficient (Wildman–Crippen LogP) is 0.511. The van der Waals surface area contributed by atoms with E-state index in [4.69, 9.17) is 0 Å². The number of hydrogen-bond donors (Lipinski definition) is 0. The van der Waals surface area contributed by atoms with Gasteiger partial charge in [0.2, 0.25) is 6.17 Å². The average Bonchev–Trinajstić information content (AvgIpc) is 2.19. The van der Waals surface area contributed by atoms with Gasteiger partial charge in [0, 0.05) is 21.3 Å². The van der Waals surface area contributed by atoms with Crippen molar-refractivity contribution in [2.24, 2.45) is 0 Å². The number of rotatable bonds is 6. The minimum absolute atomic E-state index is 0.806. The molecule has 0 aliphatic heterocycles. The van der Waals surface area contributed by atoms with Crippen molar-refractivity contribution in [1.82, 2.24) is 0 Å². The highest BCUT2D eigenvalue weighted by Crippen LogP contribution is 2.41. The van der Waals surface area contributed by atoms with Crippen LogP contribution in [-0.2, 0) is 14.2 Å². The quantitative estimate of drug-likeness (QED) is 0.399. The number of alkyl halides is 5. The molecule has 0 amide bonds. The summed E-state index contributed by atoms with van der Waals surface area (Å²) in [7, 11) is 1.20. The van der Waals surface area contributed by atoms with E-state index in [1.807, 2.05) is 0 Å². The van der Waals surface area contributed by atoms with Gasteiger partial charge in [-0.25, -0.2) is 13.2 Å². The molecule has 98 valence electrons. The topological polar surface area (TPSA) is 27.7 Å². The third-order valence-electron chi connectivity index (χ3n) is 2.07. The van der Waals surface area contributed by atoms with Gasteiger partial charge in [-0.2, -0.15) is 8.78 Å². The van der Waals surface area contributed by atoms with Gasteiger partial charge in [-0.15, -0.1) is 0 Å². The molecular formula is C7H13F5O3Si. The molecule has 0 saturated heterocycles. The second kappa shape index (κ2) is 4.94. The van der Waals surface area contributed by atoms with Crippen LogP contribution < -0.4 is 0 Å². The van der Waals surface area contributed by atoms with E-state index in [0.717, 1.165) is 21.3 Å². The first kappa shape index (κ1) is 15.7. The summed E-state index contributed by atoms with van der Waals surface area (Å²) in [6.45, 7) is 0. The Hall–Kier alpha value is -0.253. The fourth-order valence-electron chi connectivity index (χ4n) is 1.00. The monoisotopic (exact) mass is 268 g/mol. The maximum atomic E-state index is 13.4. The van der Waals surface area contributed by atoms with Crippen LogP contribution in [0.15, 0.2) is 0 Å². The van der Waals surface area contributed by atoms with Gasteiger partial charge in [0.05, 0.1) is 10.2 Å². The molecule has 3 nitrogen and oxygen atoms in total. The summed E-state index contributed by atoms with van der Waals surface area (Å²) in [6.07, 6.45) is -3.45. The number of halogens is 5. The maximum absolute atomic E-state index is 13.4. The SMILES string of the molecule is COC(OC)(OC)C(F)C(F)(F)C(F)(F)[SiH3]. The summed E-state index contributed by atoms with van der Waals surface area (Å²) < 4.78 is 77.5. The first-order chi connectivity index (χ1) is 7.09. The zero-order chi connectivity index (χ0) is 13.2. The molecule has 0 aromatic heterocycles. The molecule has 0 saturated carbocycles. The lowest BCUT2D eigenvalue weighted by molar-refractivity contribution is -0.410. The molecule has 0 aromatic carbocycles. The molecule has 0 rings (SSSR count). The molecule has 0 N–H and O–H groups in total. The molecule has 0 spiro atoms. The van der Waals surface area contributed by atoms with Crippen LogP contribution in [0.3, 0.4) is 0 Å². The molecule has 1 unspecified atom stereocenters. The normalized spacial score (nSPS) is 16.5. The largest absolute Gasteiger partial charge is 0.343 e. The molecule has 1 atom stereocenters. The van der Waals surface area contributed by atoms with Crippen LogP contribution in [0.2, 0.25) is 0 Å². The van der Waals surface area contributed by atoms with Gasteiger partial charge in [-0.1, -0.05) is 0 Å². The Morgan fingerprint density at radius 1 is 0.938 bits per heavy atom. The van der Waals surface area contributed by atoms with E-state index < -0.39 is 33.9 Å². The van der Waals surface area contributed by atoms with E-state index in [1.54, 1.807) is 0 Å². The summed E-state index contributed by atoms with van der Waals surface area (Å²) in [5.74, 6) is -7.78. The first-order valence-corrected chi connectivity index (χ1v) is 5.14.